The standard InChI is InChI=1S/C24H29N5O2/c1-4-29(18(2)3)22-10-8-20(9-11-22)27-24(31)19-6-5-7-21(16-19)26-23(30)12-14-28-15-13-25-17-28/h5-11,13,15-18H,4,12,14H2,1-3H3,(H,26,30)(H,27,31). The predicted molar refractivity (Wildman–Crippen MR) is 124 cm³/mol. The van der Waals surface area contributed by atoms with Crippen LogP contribution in [0.1, 0.15) is 37.6 Å². The number of aryl methyl sites for hydroxylation is 1. The zero-order chi connectivity index (χ0) is 22.2. The van der Waals surface area contributed by atoms with Crippen LogP contribution in [-0.4, -0.2) is 34.0 Å². The Morgan fingerprint density at radius 1 is 1.06 bits per heavy atom. The molecule has 2 N–H and O–H groups in total. The Balaban J connectivity index is 1.58. The van der Waals surface area contributed by atoms with Crippen LogP contribution < -0.4 is 15.5 Å². The lowest BCUT2D eigenvalue weighted by Crippen LogP contribution is -2.30. The summed E-state index contributed by atoms with van der Waals surface area (Å²) in [6.07, 6.45) is 5.49. The Kier molecular flexibility index (Phi) is 7.43. The quantitative estimate of drug-likeness (QED) is 0.539. The second kappa shape index (κ2) is 10.4. The second-order valence-corrected chi connectivity index (χ2v) is 7.56. The van der Waals surface area contributed by atoms with Crippen LogP contribution in [0.4, 0.5) is 17.1 Å². The van der Waals surface area contributed by atoms with E-state index in [-0.39, 0.29) is 11.8 Å². The van der Waals surface area contributed by atoms with E-state index in [1.165, 1.54) is 0 Å². The van der Waals surface area contributed by atoms with Crippen LogP contribution in [0.15, 0.2) is 67.3 Å². The summed E-state index contributed by atoms with van der Waals surface area (Å²) in [5.41, 5.74) is 2.92. The Morgan fingerprint density at radius 2 is 1.84 bits per heavy atom. The Morgan fingerprint density at radius 3 is 2.48 bits per heavy atom. The van der Waals surface area contributed by atoms with Crippen molar-refractivity contribution in [2.45, 2.75) is 39.8 Å². The number of benzene rings is 2. The Hall–Kier alpha value is -3.61. The molecule has 2 amide bonds. The SMILES string of the molecule is CCN(c1ccc(NC(=O)c2cccc(NC(=O)CCn3ccnc3)c2)cc1)C(C)C. The third kappa shape index (κ3) is 6.18. The number of nitrogens with one attached hydrogen (secondary N) is 2. The molecule has 0 saturated heterocycles. The average molecular weight is 420 g/mol. The van der Waals surface area contributed by atoms with Gasteiger partial charge in [0.2, 0.25) is 5.91 Å². The summed E-state index contributed by atoms with van der Waals surface area (Å²) in [4.78, 5) is 31.1. The van der Waals surface area contributed by atoms with Crippen molar-refractivity contribution in [1.82, 2.24) is 9.55 Å². The maximum Gasteiger partial charge on any atom is 0.255 e. The number of rotatable bonds is 9. The van der Waals surface area contributed by atoms with E-state index in [1.54, 1.807) is 36.8 Å². The highest BCUT2D eigenvalue weighted by molar-refractivity contribution is 6.05. The zero-order valence-electron chi connectivity index (χ0n) is 18.2. The molecule has 7 heteroatoms. The molecule has 162 valence electrons. The third-order valence-corrected chi connectivity index (χ3v) is 4.99. The molecule has 0 aliphatic heterocycles. The Labute approximate surface area is 183 Å². The van der Waals surface area contributed by atoms with Crippen LogP contribution in [0.3, 0.4) is 0 Å². The number of carbonyl (C=O) groups excluding carboxylic acids is 2. The molecule has 3 rings (SSSR count). The minimum Gasteiger partial charge on any atom is -0.369 e. The molecule has 0 aliphatic carbocycles. The van der Waals surface area contributed by atoms with Gasteiger partial charge in [0.15, 0.2) is 0 Å². The lowest BCUT2D eigenvalue weighted by Gasteiger charge is -2.27. The van der Waals surface area contributed by atoms with Crippen molar-refractivity contribution < 1.29 is 9.59 Å². The second-order valence-electron chi connectivity index (χ2n) is 7.56. The van der Waals surface area contributed by atoms with Crippen molar-refractivity contribution in [2.75, 3.05) is 22.1 Å². The molecule has 0 unspecified atom stereocenters. The average Bonchev–Trinajstić information content (AvgIpc) is 3.28. The summed E-state index contributed by atoms with van der Waals surface area (Å²) in [7, 11) is 0. The molecule has 0 aliphatic rings. The molecule has 0 fully saturated rings. The molecular formula is C24H29N5O2. The number of amides is 2. The minimum atomic E-state index is -0.224. The van der Waals surface area contributed by atoms with Crippen molar-refractivity contribution in [2.24, 2.45) is 0 Å². The minimum absolute atomic E-state index is 0.118. The molecule has 1 aromatic heterocycles. The largest absolute Gasteiger partial charge is 0.369 e. The smallest absolute Gasteiger partial charge is 0.255 e. The van der Waals surface area contributed by atoms with E-state index in [0.29, 0.717) is 30.3 Å². The highest BCUT2D eigenvalue weighted by Gasteiger charge is 2.11. The van der Waals surface area contributed by atoms with Gasteiger partial charge in [0.1, 0.15) is 0 Å². The van der Waals surface area contributed by atoms with Gasteiger partial charge in [-0.1, -0.05) is 6.07 Å². The van der Waals surface area contributed by atoms with Gasteiger partial charge in [-0.3, -0.25) is 9.59 Å². The van der Waals surface area contributed by atoms with E-state index >= 15 is 0 Å². The topological polar surface area (TPSA) is 79.3 Å². The summed E-state index contributed by atoms with van der Waals surface area (Å²) < 4.78 is 1.84. The van der Waals surface area contributed by atoms with Crippen LogP contribution in [0, 0.1) is 0 Å². The van der Waals surface area contributed by atoms with Gasteiger partial charge in [-0.2, -0.15) is 0 Å². The van der Waals surface area contributed by atoms with Crippen LogP contribution in [-0.2, 0) is 11.3 Å². The zero-order valence-corrected chi connectivity index (χ0v) is 18.2. The van der Waals surface area contributed by atoms with E-state index in [2.05, 4.69) is 41.3 Å². The van der Waals surface area contributed by atoms with Crippen LogP contribution in [0.5, 0.6) is 0 Å². The van der Waals surface area contributed by atoms with Gasteiger partial charge in [-0.25, -0.2) is 4.98 Å². The third-order valence-electron chi connectivity index (χ3n) is 4.99. The fraction of sp³-hybridized carbons (Fsp3) is 0.292. The van der Waals surface area contributed by atoms with Gasteiger partial charge in [0, 0.05) is 60.6 Å². The van der Waals surface area contributed by atoms with Crippen molar-refractivity contribution in [3.8, 4) is 0 Å². The number of hydrogen-bond donors (Lipinski definition) is 2. The van der Waals surface area contributed by atoms with E-state index in [1.807, 2.05) is 35.0 Å². The molecule has 0 radical (unpaired) electrons. The first-order chi connectivity index (χ1) is 15.0. The maximum absolute atomic E-state index is 12.7. The molecule has 0 spiro atoms. The van der Waals surface area contributed by atoms with Crippen LogP contribution >= 0.6 is 0 Å². The number of imidazole rings is 1. The van der Waals surface area contributed by atoms with E-state index < -0.39 is 0 Å². The molecule has 7 nitrogen and oxygen atoms in total. The number of hydrogen-bond acceptors (Lipinski definition) is 4. The summed E-state index contributed by atoms with van der Waals surface area (Å²) in [6, 6.07) is 15.2. The highest BCUT2D eigenvalue weighted by Crippen LogP contribution is 2.21. The summed E-state index contributed by atoms with van der Waals surface area (Å²) >= 11 is 0. The van der Waals surface area contributed by atoms with Crippen molar-refractivity contribution >= 4 is 28.9 Å². The summed E-state index contributed by atoms with van der Waals surface area (Å²) in [6.45, 7) is 7.91. The van der Waals surface area contributed by atoms with Gasteiger partial charge in [0.25, 0.3) is 5.91 Å². The van der Waals surface area contributed by atoms with E-state index in [9.17, 15) is 9.59 Å². The van der Waals surface area contributed by atoms with Crippen molar-refractivity contribution in [3.05, 3.63) is 72.8 Å². The molecular weight excluding hydrogens is 390 g/mol. The van der Waals surface area contributed by atoms with Crippen molar-refractivity contribution in [3.63, 3.8) is 0 Å². The first kappa shape index (κ1) is 22.1. The first-order valence-corrected chi connectivity index (χ1v) is 10.5. The van der Waals surface area contributed by atoms with Crippen LogP contribution in [0.2, 0.25) is 0 Å². The molecule has 31 heavy (non-hydrogen) atoms. The van der Waals surface area contributed by atoms with Crippen LogP contribution in [0.25, 0.3) is 0 Å². The number of carbonyl (C=O) groups is 2. The normalized spacial score (nSPS) is 10.7. The number of anilines is 3. The molecule has 0 saturated carbocycles. The monoisotopic (exact) mass is 419 g/mol. The molecule has 2 aromatic carbocycles. The maximum atomic E-state index is 12.7. The lowest BCUT2D eigenvalue weighted by molar-refractivity contribution is -0.116. The predicted octanol–water partition coefficient (Wildman–Crippen LogP) is 4.40. The first-order valence-electron chi connectivity index (χ1n) is 10.5. The molecule has 3 aromatic rings. The van der Waals surface area contributed by atoms with Gasteiger partial charge in [-0.05, 0) is 63.2 Å². The fourth-order valence-electron chi connectivity index (χ4n) is 3.40. The Bertz CT molecular complexity index is 997. The number of nitrogens with zero attached hydrogens (tertiary/aromatic N) is 3. The number of aromatic nitrogens is 2. The van der Waals surface area contributed by atoms with Crippen molar-refractivity contribution in [1.29, 1.82) is 0 Å². The van der Waals surface area contributed by atoms with E-state index in [4.69, 9.17) is 0 Å². The highest BCUT2D eigenvalue weighted by atomic mass is 16.2. The van der Waals surface area contributed by atoms with Gasteiger partial charge in [0.05, 0.1) is 6.33 Å². The van der Waals surface area contributed by atoms with E-state index in [0.717, 1.165) is 17.9 Å². The molecule has 0 bridgehead atoms. The molecule has 1 heterocycles. The van der Waals surface area contributed by atoms with Gasteiger partial charge in [-0.15, -0.1) is 0 Å². The van der Waals surface area contributed by atoms with Gasteiger partial charge < -0.3 is 20.1 Å². The summed E-state index contributed by atoms with van der Waals surface area (Å²) in [5, 5.41) is 5.76. The summed E-state index contributed by atoms with van der Waals surface area (Å²) in [5.74, 6) is -0.342. The lowest BCUT2D eigenvalue weighted by atomic mass is 10.1. The molecule has 0 atom stereocenters. The van der Waals surface area contributed by atoms with Gasteiger partial charge >= 0.3 is 0 Å². The fourth-order valence-corrected chi connectivity index (χ4v) is 3.40.